The number of hydrogen-bond acceptors (Lipinski definition) is 4. The molecule has 1 atom stereocenters. The lowest BCUT2D eigenvalue weighted by Gasteiger charge is -2.24. The van der Waals surface area contributed by atoms with E-state index >= 15 is 0 Å². The van der Waals surface area contributed by atoms with E-state index in [0.29, 0.717) is 23.1 Å². The third kappa shape index (κ3) is 3.27. The number of benzene rings is 1. The lowest BCUT2D eigenvalue weighted by molar-refractivity contribution is 0.0942. The van der Waals surface area contributed by atoms with Crippen LogP contribution in [0.4, 0.5) is 0 Å². The van der Waals surface area contributed by atoms with Crippen LogP contribution in [0.5, 0.6) is 0 Å². The number of carbonyl (C=O) groups excluding carboxylic acids is 1. The zero-order chi connectivity index (χ0) is 17.3. The van der Waals surface area contributed by atoms with E-state index in [9.17, 15) is 9.59 Å². The number of carbonyl (C=O) groups is 1. The van der Waals surface area contributed by atoms with E-state index in [1.165, 1.54) is 10.4 Å². The van der Waals surface area contributed by atoms with E-state index < -0.39 is 0 Å². The molecule has 0 unspecified atom stereocenters. The van der Waals surface area contributed by atoms with Crippen LogP contribution in [0.15, 0.2) is 34.4 Å². The average Bonchev–Trinajstić information content (AvgIpc) is 3.11. The van der Waals surface area contributed by atoms with Crippen LogP contribution in [-0.4, -0.2) is 41.4 Å². The van der Waals surface area contributed by atoms with Crippen molar-refractivity contribution in [2.75, 3.05) is 20.6 Å². The second-order valence-corrected chi connectivity index (χ2v) is 6.94. The SMILES string of the molecule is Cc1ccsc1[C@@H](CNC(=O)c1ccc2[nH]c(=O)[nH]c2c1)N(C)C. The van der Waals surface area contributed by atoms with Crippen LogP contribution in [-0.2, 0) is 0 Å². The third-order valence-corrected chi connectivity index (χ3v) is 5.18. The van der Waals surface area contributed by atoms with Gasteiger partial charge in [0.1, 0.15) is 0 Å². The van der Waals surface area contributed by atoms with Crippen molar-refractivity contribution in [2.45, 2.75) is 13.0 Å². The van der Waals surface area contributed by atoms with Crippen LogP contribution in [0.25, 0.3) is 11.0 Å². The summed E-state index contributed by atoms with van der Waals surface area (Å²) >= 11 is 1.70. The number of nitrogens with zero attached hydrogens (tertiary/aromatic N) is 1. The minimum atomic E-state index is -0.275. The molecular weight excluding hydrogens is 324 g/mol. The Bertz CT molecular complexity index is 922. The van der Waals surface area contributed by atoms with Crippen LogP contribution in [0.3, 0.4) is 0 Å². The van der Waals surface area contributed by atoms with Crippen molar-refractivity contribution >= 4 is 28.3 Å². The highest BCUT2D eigenvalue weighted by atomic mass is 32.1. The number of amides is 1. The van der Waals surface area contributed by atoms with Crippen LogP contribution in [0, 0.1) is 6.92 Å². The lowest BCUT2D eigenvalue weighted by atomic mass is 10.1. The Balaban J connectivity index is 1.75. The highest BCUT2D eigenvalue weighted by Crippen LogP contribution is 2.26. The van der Waals surface area contributed by atoms with Crippen molar-refractivity contribution in [1.82, 2.24) is 20.2 Å². The number of aryl methyl sites for hydroxylation is 1. The Morgan fingerprint density at radius 3 is 2.67 bits per heavy atom. The number of imidazole rings is 1. The molecule has 2 heterocycles. The predicted octanol–water partition coefficient (Wildman–Crippen LogP) is 2.26. The molecule has 0 aliphatic carbocycles. The summed E-state index contributed by atoms with van der Waals surface area (Å²) < 4.78 is 0. The summed E-state index contributed by atoms with van der Waals surface area (Å²) in [7, 11) is 4.01. The van der Waals surface area contributed by atoms with Gasteiger partial charge in [-0.25, -0.2) is 4.79 Å². The van der Waals surface area contributed by atoms with Crippen LogP contribution in [0.2, 0.25) is 0 Å². The van der Waals surface area contributed by atoms with Crippen molar-refractivity contribution in [2.24, 2.45) is 0 Å². The molecule has 7 heteroatoms. The number of likely N-dealkylation sites (N-methyl/N-ethyl adjacent to an activating group) is 1. The molecule has 0 saturated heterocycles. The third-order valence-electron chi connectivity index (χ3n) is 4.06. The molecule has 1 amide bonds. The monoisotopic (exact) mass is 344 g/mol. The predicted molar refractivity (Wildman–Crippen MR) is 96.7 cm³/mol. The zero-order valence-corrected chi connectivity index (χ0v) is 14.7. The number of aromatic amines is 2. The molecule has 3 rings (SSSR count). The first-order chi connectivity index (χ1) is 11.5. The van der Waals surface area contributed by atoms with Gasteiger partial charge in [0.05, 0.1) is 17.1 Å². The molecule has 0 aliphatic heterocycles. The fraction of sp³-hybridized carbons (Fsp3) is 0.294. The first-order valence-electron chi connectivity index (χ1n) is 7.66. The van der Waals surface area contributed by atoms with Gasteiger partial charge < -0.3 is 20.2 Å². The molecule has 3 N–H and O–H groups in total. The molecule has 126 valence electrons. The maximum Gasteiger partial charge on any atom is 0.323 e. The van der Waals surface area contributed by atoms with Crippen molar-refractivity contribution in [3.63, 3.8) is 0 Å². The molecule has 24 heavy (non-hydrogen) atoms. The smallest absolute Gasteiger partial charge is 0.323 e. The number of H-pyrrole nitrogens is 2. The van der Waals surface area contributed by atoms with Gasteiger partial charge in [0.25, 0.3) is 5.91 Å². The van der Waals surface area contributed by atoms with E-state index in [1.54, 1.807) is 29.5 Å². The standard InChI is InChI=1S/C17H20N4O2S/c1-10-6-7-24-15(10)14(21(2)3)9-18-16(22)11-4-5-12-13(8-11)20-17(23)19-12/h4-8,14H,9H2,1-3H3,(H,18,22)(H2,19,20,23)/t14-/m1/s1. The summed E-state index contributed by atoms with van der Waals surface area (Å²) in [6, 6.07) is 7.35. The molecule has 0 aliphatic rings. The topological polar surface area (TPSA) is 81.0 Å². The highest BCUT2D eigenvalue weighted by molar-refractivity contribution is 7.10. The van der Waals surface area contributed by atoms with Gasteiger partial charge >= 0.3 is 5.69 Å². The molecule has 0 radical (unpaired) electrons. The number of nitrogens with one attached hydrogen (secondary N) is 3. The van der Waals surface area contributed by atoms with Crippen molar-refractivity contribution in [3.05, 3.63) is 56.1 Å². The van der Waals surface area contributed by atoms with Crippen molar-refractivity contribution in [3.8, 4) is 0 Å². The highest BCUT2D eigenvalue weighted by Gasteiger charge is 2.19. The van der Waals surface area contributed by atoms with E-state index in [2.05, 4.69) is 38.6 Å². The second-order valence-electron chi connectivity index (χ2n) is 6.00. The first kappa shape index (κ1) is 16.5. The second kappa shape index (κ2) is 6.62. The van der Waals surface area contributed by atoms with Crippen LogP contribution < -0.4 is 11.0 Å². The van der Waals surface area contributed by atoms with Gasteiger partial charge in [-0.05, 0) is 56.2 Å². The van der Waals surface area contributed by atoms with E-state index in [1.807, 2.05) is 14.1 Å². The summed E-state index contributed by atoms with van der Waals surface area (Å²) in [4.78, 5) is 32.4. The molecule has 0 bridgehead atoms. The van der Waals surface area contributed by atoms with Crippen LogP contribution >= 0.6 is 11.3 Å². The van der Waals surface area contributed by atoms with Gasteiger partial charge in [0.2, 0.25) is 0 Å². The summed E-state index contributed by atoms with van der Waals surface area (Å²) in [5, 5.41) is 5.06. The summed E-state index contributed by atoms with van der Waals surface area (Å²) in [5.74, 6) is -0.153. The number of aromatic nitrogens is 2. The maximum absolute atomic E-state index is 12.4. The van der Waals surface area contributed by atoms with Gasteiger partial charge in [-0.15, -0.1) is 11.3 Å². The van der Waals surface area contributed by atoms with Crippen LogP contribution in [0.1, 0.15) is 26.8 Å². The van der Waals surface area contributed by atoms with E-state index in [0.717, 1.165) is 0 Å². The molecular formula is C17H20N4O2S. The minimum absolute atomic E-state index is 0.129. The van der Waals surface area contributed by atoms with Gasteiger partial charge in [0, 0.05) is 17.0 Å². The number of rotatable bonds is 5. The summed E-state index contributed by atoms with van der Waals surface area (Å²) in [6.07, 6.45) is 0. The molecule has 1 aromatic carbocycles. The molecule has 3 aromatic rings. The normalized spacial score (nSPS) is 12.7. The maximum atomic E-state index is 12.4. The van der Waals surface area contributed by atoms with Crippen molar-refractivity contribution in [1.29, 1.82) is 0 Å². The lowest BCUT2D eigenvalue weighted by Crippen LogP contribution is -2.34. The fourth-order valence-corrected chi connectivity index (χ4v) is 3.82. The first-order valence-corrected chi connectivity index (χ1v) is 8.54. The van der Waals surface area contributed by atoms with E-state index in [4.69, 9.17) is 0 Å². The van der Waals surface area contributed by atoms with E-state index in [-0.39, 0.29) is 17.6 Å². The van der Waals surface area contributed by atoms with Gasteiger partial charge in [0.15, 0.2) is 0 Å². The van der Waals surface area contributed by atoms with Crippen molar-refractivity contribution < 1.29 is 4.79 Å². The number of thiophene rings is 1. The minimum Gasteiger partial charge on any atom is -0.350 e. The molecule has 0 spiro atoms. The Morgan fingerprint density at radius 1 is 1.25 bits per heavy atom. The summed E-state index contributed by atoms with van der Waals surface area (Å²) in [6.45, 7) is 2.61. The number of fused-ring (bicyclic) bond motifs is 1. The zero-order valence-electron chi connectivity index (χ0n) is 13.8. The summed E-state index contributed by atoms with van der Waals surface area (Å²) in [5.41, 5.74) is 2.81. The van der Waals surface area contributed by atoms with Gasteiger partial charge in [-0.1, -0.05) is 0 Å². The Hall–Kier alpha value is -2.38. The van der Waals surface area contributed by atoms with Gasteiger partial charge in [-0.2, -0.15) is 0 Å². The Morgan fingerprint density at radius 2 is 2.00 bits per heavy atom. The average molecular weight is 344 g/mol. The fourth-order valence-electron chi connectivity index (χ4n) is 2.70. The Labute approximate surface area is 143 Å². The Kier molecular flexibility index (Phi) is 4.55. The van der Waals surface area contributed by atoms with Gasteiger partial charge in [-0.3, -0.25) is 4.79 Å². The quantitative estimate of drug-likeness (QED) is 0.664. The molecule has 0 saturated carbocycles. The molecule has 0 fully saturated rings. The molecule has 2 aromatic heterocycles. The largest absolute Gasteiger partial charge is 0.350 e. The molecule has 6 nitrogen and oxygen atoms in total. The number of hydrogen-bond donors (Lipinski definition) is 3.